The van der Waals surface area contributed by atoms with Crippen LogP contribution in [0.3, 0.4) is 0 Å². The molecule has 58 valence electrons. The van der Waals surface area contributed by atoms with Crippen LogP contribution in [-0.2, 0) is 0 Å². The van der Waals surface area contributed by atoms with Gasteiger partial charge in [-0.1, -0.05) is 6.92 Å². The second kappa shape index (κ2) is 2.22. The fourth-order valence-corrected chi connectivity index (χ4v) is 1.49. The van der Waals surface area contributed by atoms with Crippen LogP contribution in [0.5, 0.6) is 0 Å². The monoisotopic (exact) mass is 148 g/mol. The molecule has 0 saturated carbocycles. The Morgan fingerprint density at radius 2 is 2.45 bits per heavy atom. The van der Waals surface area contributed by atoms with E-state index in [0.29, 0.717) is 5.92 Å². The fraction of sp³-hybridized carbons (Fsp3) is 0.444. The van der Waals surface area contributed by atoms with Gasteiger partial charge in [-0.3, -0.25) is 4.98 Å². The Morgan fingerprint density at radius 3 is 3.27 bits per heavy atom. The Morgan fingerprint density at radius 1 is 1.64 bits per heavy atom. The molecule has 1 aliphatic rings. The first-order valence-corrected chi connectivity index (χ1v) is 3.98. The summed E-state index contributed by atoms with van der Waals surface area (Å²) in [5, 5.41) is 3.35. The minimum absolute atomic E-state index is 0.623. The van der Waals surface area contributed by atoms with Gasteiger partial charge < -0.3 is 5.32 Å². The van der Waals surface area contributed by atoms with Crippen LogP contribution in [0, 0.1) is 6.92 Å². The molecule has 0 saturated heterocycles. The maximum absolute atomic E-state index is 4.26. The Kier molecular flexibility index (Phi) is 1.34. The summed E-state index contributed by atoms with van der Waals surface area (Å²) in [6.07, 6.45) is 1.98. The number of nitrogens with one attached hydrogen (secondary N) is 1. The molecule has 0 aromatic carbocycles. The third-order valence-electron chi connectivity index (χ3n) is 2.20. The van der Waals surface area contributed by atoms with Gasteiger partial charge in [0.25, 0.3) is 0 Å². The maximum Gasteiger partial charge on any atom is 0.0410 e. The van der Waals surface area contributed by atoms with E-state index in [4.69, 9.17) is 0 Å². The van der Waals surface area contributed by atoms with Gasteiger partial charge in [0, 0.05) is 30.0 Å². The predicted molar refractivity (Wildman–Crippen MR) is 45.9 cm³/mol. The predicted octanol–water partition coefficient (Wildman–Crippen LogP) is 1.92. The largest absolute Gasteiger partial charge is 0.384 e. The van der Waals surface area contributed by atoms with Crippen LogP contribution in [-0.4, -0.2) is 11.5 Å². The van der Waals surface area contributed by atoms with Crippen LogP contribution in [0.1, 0.15) is 24.1 Å². The highest BCUT2D eigenvalue weighted by Crippen LogP contribution is 2.30. The molecule has 1 aromatic rings. The van der Waals surface area contributed by atoms with Gasteiger partial charge >= 0.3 is 0 Å². The first kappa shape index (κ1) is 6.65. The molecule has 1 unspecified atom stereocenters. The van der Waals surface area contributed by atoms with Gasteiger partial charge in [0.05, 0.1) is 0 Å². The van der Waals surface area contributed by atoms with Crippen molar-refractivity contribution in [2.75, 3.05) is 11.9 Å². The normalized spacial score (nSPS) is 21.1. The van der Waals surface area contributed by atoms with Crippen LogP contribution in [0.2, 0.25) is 0 Å². The highest BCUT2D eigenvalue weighted by molar-refractivity contribution is 5.57. The third kappa shape index (κ3) is 0.985. The molecule has 2 nitrogen and oxygen atoms in total. The zero-order valence-electron chi connectivity index (χ0n) is 6.89. The van der Waals surface area contributed by atoms with Crippen LogP contribution in [0.25, 0.3) is 0 Å². The zero-order chi connectivity index (χ0) is 7.84. The lowest BCUT2D eigenvalue weighted by Crippen LogP contribution is -1.95. The molecular formula is C9H12N2. The molecule has 0 amide bonds. The molecule has 1 atom stereocenters. The summed E-state index contributed by atoms with van der Waals surface area (Å²) in [6.45, 7) is 5.29. The van der Waals surface area contributed by atoms with Crippen molar-refractivity contribution in [3.63, 3.8) is 0 Å². The van der Waals surface area contributed by atoms with Crippen molar-refractivity contribution in [1.82, 2.24) is 4.98 Å². The van der Waals surface area contributed by atoms with Gasteiger partial charge in [-0.2, -0.15) is 0 Å². The quantitative estimate of drug-likeness (QED) is 0.608. The zero-order valence-corrected chi connectivity index (χ0v) is 6.89. The Bertz CT molecular complexity index is 281. The van der Waals surface area contributed by atoms with Crippen molar-refractivity contribution in [3.05, 3.63) is 23.5 Å². The van der Waals surface area contributed by atoms with Gasteiger partial charge in [-0.15, -0.1) is 0 Å². The lowest BCUT2D eigenvalue weighted by Gasteiger charge is -2.00. The smallest absolute Gasteiger partial charge is 0.0410 e. The summed E-state index contributed by atoms with van der Waals surface area (Å²) < 4.78 is 0. The third-order valence-corrected chi connectivity index (χ3v) is 2.20. The number of pyridine rings is 1. The van der Waals surface area contributed by atoms with Crippen molar-refractivity contribution in [1.29, 1.82) is 0 Å². The number of rotatable bonds is 0. The SMILES string of the molecule is Cc1cc2c(cn1)C(C)CN2. The van der Waals surface area contributed by atoms with Gasteiger partial charge in [-0.25, -0.2) is 0 Å². The first-order valence-electron chi connectivity index (χ1n) is 3.98. The second-order valence-electron chi connectivity index (χ2n) is 3.19. The Hall–Kier alpha value is -1.05. The number of hydrogen-bond acceptors (Lipinski definition) is 2. The van der Waals surface area contributed by atoms with E-state index in [1.807, 2.05) is 13.1 Å². The minimum Gasteiger partial charge on any atom is -0.384 e. The summed E-state index contributed by atoms with van der Waals surface area (Å²) in [5.41, 5.74) is 3.71. The second-order valence-corrected chi connectivity index (χ2v) is 3.19. The topological polar surface area (TPSA) is 24.9 Å². The number of anilines is 1. The highest BCUT2D eigenvalue weighted by Gasteiger charge is 2.17. The summed E-state index contributed by atoms with van der Waals surface area (Å²) in [4.78, 5) is 4.26. The average molecular weight is 148 g/mol. The van der Waals surface area contributed by atoms with Crippen LogP contribution < -0.4 is 5.32 Å². The van der Waals surface area contributed by atoms with E-state index < -0.39 is 0 Å². The molecule has 0 aliphatic carbocycles. The number of aromatic nitrogens is 1. The molecule has 0 bridgehead atoms. The fourth-order valence-electron chi connectivity index (χ4n) is 1.49. The first-order chi connectivity index (χ1) is 5.27. The minimum atomic E-state index is 0.623. The van der Waals surface area contributed by atoms with Crippen molar-refractivity contribution in [2.45, 2.75) is 19.8 Å². The van der Waals surface area contributed by atoms with Crippen molar-refractivity contribution >= 4 is 5.69 Å². The van der Waals surface area contributed by atoms with E-state index in [9.17, 15) is 0 Å². The summed E-state index contributed by atoms with van der Waals surface area (Å²) in [5.74, 6) is 0.623. The molecule has 0 fully saturated rings. The van der Waals surface area contributed by atoms with Crippen LogP contribution in [0.4, 0.5) is 5.69 Å². The molecule has 2 heteroatoms. The number of nitrogens with zero attached hydrogens (tertiary/aromatic N) is 1. The van der Waals surface area contributed by atoms with Gasteiger partial charge in [0.1, 0.15) is 0 Å². The summed E-state index contributed by atoms with van der Waals surface area (Å²) >= 11 is 0. The van der Waals surface area contributed by atoms with Crippen molar-refractivity contribution in [3.8, 4) is 0 Å². The Labute approximate surface area is 66.7 Å². The average Bonchev–Trinajstić information content (AvgIpc) is 2.32. The van der Waals surface area contributed by atoms with E-state index in [1.165, 1.54) is 11.3 Å². The molecule has 1 aromatic heterocycles. The molecule has 2 heterocycles. The molecule has 1 N–H and O–H groups in total. The van der Waals surface area contributed by atoms with E-state index in [0.717, 1.165) is 12.2 Å². The van der Waals surface area contributed by atoms with Gasteiger partial charge in [0.15, 0.2) is 0 Å². The number of hydrogen-bond donors (Lipinski definition) is 1. The summed E-state index contributed by atoms with van der Waals surface area (Å²) in [7, 11) is 0. The molecule has 0 radical (unpaired) electrons. The molecule has 11 heavy (non-hydrogen) atoms. The molecule has 1 aliphatic heterocycles. The standard InChI is InChI=1S/C9H12N2/c1-6-4-11-9-3-7(2)10-5-8(6)9/h3,5-6,11H,4H2,1-2H3. The van der Waals surface area contributed by atoms with Gasteiger partial charge in [0.2, 0.25) is 0 Å². The maximum atomic E-state index is 4.26. The van der Waals surface area contributed by atoms with E-state index in [-0.39, 0.29) is 0 Å². The van der Waals surface area contributed by atoms with Crippen LogP contribution in [0.15, 0.2) is 12.3 Å². The lowest BCUT2D eigenvalue weighted by atomic mass is 10.1. The molecule has 2 rings (SSSR count). The molecular weight excluding hydrogens is 136 g/mol. The lowest BCUT2D eigenvalue weighted by molar-refractivity contribution is 0.848. The van der Waals surface area contributed by atoms with Crippen LogP contribution >= 0.6 is 0 Å². The van der Waals surface area contributed by atoms with E-state index >= 15 is 0 Å². The van der Waals surface area contributed by atoms with E-state index in [2.05, 4.69) is 23.3 Å². The van der Waals surface area contributed by atoms with E-state index in [1.54, 1.807) is 0 Å². The summed E-state index contributed by atoms with van der Waals surface area (Å²) in [6, 6.07) is 2.11. The number of aryl methyl sites for hydroxylation is 1. The van der Waals surface area contributed by atoms with Crippen molar-refractivity contribution < 1.29 is 0 Å². The van der Waals surface area contributed by atoms with Gasteiger partial charge in [-0.05, 0) is 18.6 Å². The Balaban J connectivity index is 2.50. The molecule has 0 spiro atoms. The van der Waals surface area contributed by atoms with Crippen molar-refractivity contribution in [2.24, 2.45) is 0 Å². The highest BCUT2D eigenvalue weighted by atomic mass is 14.9. The number of fused-ring (bicyclic) bond motifs is 1.